The molecule has 2 aromatic rings. The third kappa shape index (κ3) is 5.69. The second-order valence-electron chi connectivity index (χ2n) is 10.5. The van der Waals surface area contributed by atoms with E-state index in [9.17, 15) is 55.9 Å². The summed E-state index contributed by atoms with van der Waals surface area (Å²) in [5.74, 6) is -3.15. The fourth-order valence-electron chi connectivity index (χ4n) is 5.28. The van der Waals surface area contributed by atoms with Gasteiger partial charge in [-0.05, 0) is 24.6 Å². The molecule has 2 unspecified atom stereocenters. The van der Waals surface area contributed by atoms with Crippen molar-refractivity contribution in [1.29, 1.82) is 0 Å². The van der Waals surface area contributed by atoms with Crippen molar-refractivity contribution in [2.24, 2.45) is 0 Å². The Kier molecular flexibility index (Phi) is 8.70. The summed E-state index contributed by atoms with van der Waals surface area (Å²) in [4.78, 5) is 13.6. The maximum atomic E-state index is 13.6. The molecule has 0 aromatic heterocycles. The van der Waals surface area contributed by atoms with Gasteiger partial charge in [0.2, 0.25) is 5.78 Å². The Bertz CT molecular complexity index is 1330. The molecule has 3 aliphatic heterocycles. The average molecular weight is 613 g/mol. The highest BCUT2D eigenvalue weighted by Crippen LogP contribution is 2.44. The Morgan fingerprint density at radius 1 is 0.767 bits per heavy atom. The van der Waals surface area contributed by atoms with Crippen molar-refractivity contribution < 1.29 is 79.5 Å². The van der Waals surface area contributed by atoms with Gasteiger partial charge in [0, 0.05) is 12.1 Å². The molecule has 16 heteroatoms. The molecule has 0 radical (unpaired) electrons. The summed E-state index contributed by atoms with van der Waals surface area (Å²) in [5, 5.41) is 102. The second kappa shape index (κ2) is 12.0. The van der Waals surface area contributed by atoms with Crippen molar-refractivity contribution in [3.8, 4) is 28.7 Å². The van der Waals surface area contributed by atoms with Crippen LogP contribution in [0.2, 0.25) is 0 Å². The van der Waals surface area contributed by atoms with Crippen LogP contribution in [0.1, 0.15) is 28.9 Å². The van der Waals surface area contributed by atoms with Crippen molar-refractivity contribution in [1.82, 2.24) is 0 Å². The van der Waals surface area contributed by atoms with E-state index in [-0.39, 0.29) is 16.9 Å². The highest BCUT2D eigenvalue weighted by atomic mass is 16.7. The number of aliphatic hydroxyl groups is 6. The minimum Gasteiger partial charge on any atom is -0.508 e. The van der Waals surface area contributed by atoms with Crippen LogP contribution in [-0.2, 0) is 18.9 Å². The number of aromatic hydroxyl groups is 4. The first-order valence-corrected chi connectivity index (χ1v) is 13.2. The van der Waals surface area contributed by atoms with E-state index in [0.29, 0.717) is 0 Å². The lowest BCUT2D eigenvalue weighted by molar-refractivity contribution is -0.358. The number of hydrogen-bond donors (Lipinski definition) is 10. The molecule has 236 valence electrons. The number of ketones is 1. The zero-order valence-corrected chi connectivity index (χ0v) is 22.4. The van der Waals surface area contributed by atoms with Gasteiger partial charge in [0.1, 0.15) is 65.5 Å². The minimum absolute atomic E-state index is 0.116. The lowest BCUT2D eigenvalue weighted by Gasteiger charge is -2.46. The van der Waals surface area contributed by atoms with Gasteiger partial charge in [-0.1, -0.05) is 6.07 Å². The number of phenolic OH excluding ortho intramolecular Hbond substituents is 4. The van der Waals surface area contributed by atoms with Crippen molar-refractivity contribution in [2.75, 3.05) is 6.61 Å². The summed E-state index contributed by atoms with van der Waals surface area (Å²) in [6.07, 6.45) is -19.1. The molecule has 2 aromatic carbocycles. The molecular weight excluding hydrogens is 580 g/mol. The van der Waals surface area contributed by atoms with Crippen LogP contribution in [0.4, 0.5) is 0 Å². The summed E-state index contributed by atoms with van der Waals surface area (Å²) >= 11 is 0. The second-order valence-corrected chi connectivity index (χ2v) is 10.5. The van der Waals surface area contributed by atoms with Gasteiger partial charge in [-0.15, -0.1) is 0 Å². The number of ether oxygens (including phenoxy) is 5. The molecule has 3 heterocycles. The first-order valence-electron chi connectivity index (χ1n) is 13.2. The monoisotopic (exact) mass is 612 g/mol. The molecule has 5 rings (SSSR count). The van der Waals surface area contributed by atoms with Crippen LogP contribution in [0, 0.1) is 0 Å². The first kappa shape index (κ1) is 31.1. The number of carbonyl (C=O) groups excluding carboxylic acids is 1. The molecule has 0 saturated carbocycles. The Morgan fingerprint density at radius 2 is 1.44 bits per heavy atom. The number of fused-ring (bicyclic) bond motifs is 1. The van der Waals surface area contributed by atoms with E-state index in [4.69, 9.17) is 23.7 Å². The number of aliphatic hydroxyl groups excluding tert-OH is 6. The first-order chi connectivity index (χ1) is 20.3. The van der Waals surface area contributed by atoms with Crippen molar-refractivity contribution in [3.05, 3.63) is 41.5 Å². The topological polar surface area (TPSA) is 266 Å². The van der Waals surface area contributed by atoms with Crippen molar-refractivity contribution >= 4 is 5.78 Å². The lowest BCUT2D eigenvalue weighted by Crippen LogP contribution is -2.64. The third-order valence-corrected chi connectivity index (χ3v) is 7.63. The fourth-order valence-corrected chi connectivity index (χ4v) is 5.28. The van der Waals surface area contributed by atoms with Gasteiger partial charge in [-0.25, -0.2) is 0 Å². The smallest absolute Gasteiger partial charge is 0.203 e. The van der Waals surface area contributed by atoms with E-state index in [1.54, 1.807) is 0 Å². The maximum absolute atomic E-state index is 13.6. The number of hydrogen-bond acceptors (Lipinski definition) is 16. The van der Waals surface area contributed by atoms with E-state index in [0.717, 1.165) is 24.3 Å². The van der Waals surface area contributed by atoms with Crippen LogP contribution in [0.3, 0.4) is 0 Å². The van der Waals surface area contributed by atoms with Crippen molar-refractivity contribution in [2.45, 2.75) is 80.5 Å². The van der Waals surface area contributed by atoms with E-state index in [1.807, 2.05) is 0 Å². The van der Waals surface area contributed by atoms with Crippen LogP contribution in [0.25, 0.3) is 0 Å². The summed E-state index contributed by atoms with van der Waals surface area (Å²) in [6, 6.07) is 5.52. The quantitative estimate of drug-likeness (QED) is 0.156. The average Bonchev–Trinajstić information content (AvgIpc) is 2.96. The SMILES string of the molecule is C[C@@H]1O[C@@H](OC2C(=O)c3c(O)cc(O)cc3OC2c2ccc(O)c(O)c2)[C@H](O)[C@H](O)[C@H]1O[C@@H]1O[C@H](CO)[C@@H](O)[C@H](O)[C@H]1O. The molecule has 16 nitrogen and oxygen atoms in total. The van der Waals surface area contributed by atoms with E-state index < -0.39 is 109 Å². The molecule has 3 aliphatic rings. The largest absolute Gasteiger partial charge is 0.508 e. The number of Topliss-reactive ketones (excluding diaryl/α,β-unsaturated/α-hetero) is 1. The van der Waals surface area contributed by atoms with Gasteiger partial charge in [0.15, 0.2) is 36.3 Å². The van der Waals surface area contributed by atoms with E-state index in [1.165, 1.54) is 13.0 Å². The van der Waals surface area contributed by atoms with Gasteiger partial charge >= 0.3 is 0 Å². The van der Waals surface area contributed by atoms with Crippen LogP contribution in [0.5, 0.6) is 28.7 Å². The predicted octanol–water partition coefficient (Wildman–Crippen LogP) is -2.14. The molecule has 0 spiro atoms. The van der Waals surface area contributed by atoms with Crippen LogP contribution >= 0.6 is 0 Å². The Morgan fingerprint density at radius 3 is 2.12 bits per heavy atom. The van der Waals surface area contributed by atoms with E-state index in [2.05, 4.69) is 0 Å². The number of carbonyl (C=O) groups is 1. The van der Waals surface area contributed by atoms with Gasteiger partial charge in [-0.2, -0.15) is 0 Å². The summed E-state index contributed by atoms with van der Waals surface area (Å²) < 4.78 is 28.3. The molecule has 2 fully saturated rings. The molecule has 0 bridgehead atoms. The van der Waals surface area contributed by atoms with Crippen LogP contribution in [-0.4, -0.2) is 131 Å². The fraction of sp³-hybridized carbons (Fsp3) is 0.519. The molecule has 12 atom stereocenters. The maximum Gasteiger partial charge on any atom is 0.203 e. The standard InChI is InChI=1S/C27H32O16/c1-8-23(42-27-21(37)19(35)17(33)15(7-28)41-27)20(36)22(38)26(39-8)43-25-18(34)16-13(32)5-10(29)6-14(16)40-24(25)9-2-3-11(30)12(31)4-9/h2-6,8,15,17,19-33,35-38H,7H2,1H3/t8-,15+,17+,19-,20-,21+,22+,23-,24?,25?,26-,27-/m0/s1. The van der Waals surface area contributed by atoms with Gasteiger partial charge in [0.05, 0.1) is 12.7 Å². The Hall–Kier alpha value is -3.29. The number of benzene rings is 2. The molecule has 43 heavy (non-hydrogen) atoms. The summed E-state index contributed by atoms with van der Waals surface area (Å²) in [5.41, 5.74) is -0.241. The number of phenols is 4. The Labute approximate surface area is 243 Å². The highest BCUT2D eigenvalue weighted by molar-refractivity contribution is 6.05. The van der Waals surface area contributed by atoms with Crippen LogP contribution < -0.4 is 4.74 Å². The third-order valence-electron chi connectivity index (χ3n) is 7.63. The molecule has 10 N–H and O–H groups in total. The van der Waals surface area contributed by atoms with E-state index >= 15 is 0 Å². The predicted molar refractivity (Wildman–Crippen MR) is 137 cm³/mol. The zero-order valence-electron chi connectivity index (χ0n) is 22.4. The minimum atomic E-state index is -1.90. The van der Waals surface area contributed by atoms with Crippen molar-refractivity contribution in [3.63, 3.8) is 0 Å². The summed E-state index contributed by atoms with van der Waals surface area (Å²) in [6.45, 7) is 0.678. The molecule has 0 aliphatic carbocycles. The molecule has 2 saturated heterocycles. The normalized spacial score (nSPS) is 37.9. The molecular formula is C27H32O16. The highest BCUT2D eigenvalue weighted by Gasteiger charge is 2.52. The van der Waals surface area contributed by atoms with Gasteiger partial charge in [-0.3, -0.25) is 4.79 Å². The Balaban J connectivity index is 1.39. The van der Waals surface area contributed by atoms with Gasteiger partial charge < -0.3 is 74.7 Å². The van der Waals surface area contributed by atoms with Crippen LogP contribution in [0.15, 0.2) is 30.3 Å². The lowest BCUT2D eigenvalue weighted by atomic mass is 9.92. The zero-order chi connectivity index (χ0) is 31.3. The van der Waals surface area contributed by atoms with Gasteiger partial charge in [0.25, 0.3) is 0 Å². The molecule has 0 amide bonds. The summed E-state index contributed by atoms with van der Waals surface area (Å²) in [7, 11) is 0. The number of rotatable bonds is 6.